The molecular weight excluding hydrogens is 490 g/mol. The minimum absolute atomic E-state index is 0.00654. The van der Waals surface area contributed by atoms with Crippen LogP contribution in [0.15, 0.2) is 82.6 Å². The van der Waals surface area contributed by atoms with Crippen molar-refractivity contribution in [1.82, 2.24) is 4.31 Å². The molecule has 1 aliphatic heterocycles. The number of nitrogens with one attached hydrogen (secondary N) is 2. The van der Waals surface area contributed by atoms with E-state index in [-0.39, 0.29) is 26.7 Å². The number of carbonyl (C=O) groups is 2. The summed E-state index contributed by atoms with van der Waals surface area (Å²) in [7, 11) is -8.02. The molecule has 0 saturated carbocycles. The second-order valence-electron chi connectivity index (χ2n) is 7.00. The maximum atomic E-state index is 12.6. The van der Waals surface area contributed by atoms with E-state index in [0.29, 0.717) is 9.33 Å². The first kappa shape index (κ1) is 22.8. The molecule has 0 aliphatic carbocycles. The average molecular weight is 506 g/mol. The van der Waals surface area contributed by atoms with Crippen LogP contribution in [0, 0.1) is 0 Å². The summed E-state index contributed by atoms with van der Waals surface area (Å²) in [6.07, 6.45) is 0. The van der Waals surface area contributed by atoms with Gasteiger partial charge >= 0.3 is 0 Å². The molecule has 0 saturated heterocycles. The minimum atomic E-state index is -4.12. The Balaban J connectivity index is 1.44. The summed E-state index contributed by atoms with van der Waals surface area (Å²) in [5, 5.41) is 2.83. The molecule has 2 amide bonds. The van der Waals surface area contributed by atoms with Gasteiger partial charge in [-0.15, -0.1) is 0 Å². The minimum Gasteiger partial charge on any atom is -0.325 e. The Morgan fingerprint density at radius 3 is 2.30 bits per heavy atom. The van der Waals surface area contributed by atoms with Gasteiger partial charge < -0.3 is 5.32 Å². The molecule has 1 aliphatic rings. The number of fused-ring (bicyclic) bond motifs is 1. The molecule has 3 aromatic rings. The van der Waals surface area contributed by atoms with Crippen molar-refractivity contribution in [1.29, 1.82) is 0 Å². The molecule has 0 spiro atoms. The van der Waals surface area contributed by atoms with E-state index in [2.05, 4.69) is 10.0 Å². The Labute approximate surface area is 195 Å². The van der Waals surface area contributed by atoms with Crippen LogP contribution in [0.5, 0.6) is 0 Å². The van der Waals surface area contributed by atoms with Crippen LogP contribution in [0.3, 0.4) is 0 Å². The summed E-state index contributed by atoms with van der Waals surface area (Å²) in [5.74, 6) is -1.54. The van der Waals surface area contributed by atoms with Gasteiger partial charge in [0.15, 0.2) is 0 Å². The van der Waals surface area contributed by atoms with Gasteiger partial charge in [0, 0.05) is 10.7 Å². The van der Waals surface area contributed by atoms with E-state index in [1.165, 1.54) is 54.6 Å². The zero-order chi connectivity index (χ0) is 23.8. The number of sulfonamides is 2. The second-order valence-corrected chi connectivity index (χ2v) is 11.0. The molecule has 170 valence electrons. The molecule has 33 heavy (non-hydrogen) atoms. The van der Waals surface area contributed by atoms with E-state index in [1.807, 2.05) is 0 Å². The van der Waals surface area contributed by atoms with E-state index < -0.39 is 38.4 Å². The SMILES string of the molecule is O=C(CN1C(=O)c2ccccc2S1(=O)=O)Nc1ccc(S(=O)(=O)Nc2cccc(Cl)c2)cc1. The summed E-state index contributed by atoms with van der Waals surface area (Å²) in [5.41, 5.74) is 0.521. The summed E-state index contributed by atoms with van der Waals surface area (Å²) in [6.45, 7) is -0.716. The molecule has 0 aromatic heterocycles. The smallest absolute Gasteiger partial charge is 0.269 e. The molecule has 0 fully saturated rings. The summed E-state index contributed by atoms with van der Waals surface area (Å²) in [4.78, 5) is 24.6. The number of hydrogen-bond donors (Lipinski definition) is 2. The highest BCUT2D eigenvalue weighted by Gasteiger charge is 2.41. The Bertz CT molecular complexity index is 1470. The van der Waals surface area contributed by atoms with Crippen molar-refractivity contribution >= 4 is 54.8 Å². The number of hydrogen-bond acceptors (Lipinski definition) is 6. The third-order valence-corrected chi connectivity index (χ3v) is 8.14. The molecule has 3 aromatic carbocycles. The van der Waals surface area contributed by atoms with Crippen molar-refractivity contribution in [2.24, 2.45) is 0 Å². The van der Waals surface area contributed by atoms with Crippen LogP contribution in [-0.4, -0.2) is 39.5 Å². The lowest BCUT2D eigenvalue weighted by Crippen LogP contribution is -2.37. The Hall–Kier alpha value is -3.41. The van der Waals surface area contributed by atoms with E-state index >= 15 is 0 Å². The lowest BCUT2D eigenvalue weighted by molar-refractivity contribution is -0.116. The summed E-state index contributed by atoms with van der Waals surface area (Å²) < 4.78 is 53.1. The van der Waals surface area contributed by atoms with Crippen LogP contribution in [0.2, 0.25) is 5.02 Å². The van der Waals surface area contributed by atoms with Crippen molar-refractivity contribution in [3.63, 3.8) is 0 Å². The molecule has 2 N–H and O–H groups in total. The summed E-state index contributed by atoms with van der Waals surface area (Å²) in [6, 6.07) is 17.2. The second kappa shape index (κ2) is 8.50. The highest BCUT2D eigenvalue weighted by atomic mass is 35.5. The predicted octanol–water partition coefficient (Wildman–Crippen LogP) is 2.92. The number of anilines is 2. The van der Waals surface area contributed by atoms with Crippen molar-refractivity contribution < 1.29 is 26.4 Å². The van der Waals surface area contributed by atoms with Gasteiger partial charge in [0.2, 0.25) is 5.91 Å². The molecule has 12 heteroatoms. The van der Waals surface area contributed by atoms with Gasteiger partial charge in [-0.2, -0.15) is 0 Å². The largest absolute Gasteiger partial charge is 0.325 e. The monoisotopic (exact) mass is 505 g/mol. The van der Waals surface area contributed by atoms with Gasteiger partial charge in [0.1, 0.15) is 11.4 Å². The van der Waals surface area contributed by atoms with E-state index in [4.69, 9.17) is 11.6 Å². The molecule has 0 unspecified atom stereocenters. The Kier molecular flexibility index (Phi) is 5.87. The fraction of sp³-hybridized carbons (Fsp3) is 0.0476. The van der Waals surface area contributed by atoms with Crippen molar-refractivity contribution in [3.8, 4) is 0 Å². The van der Waals surface area contributed by atoms with Crippen LogP contribution in [-0.2, 0) is 24.8 Å². The van der Waals surface area contributed by atoms with Gasteiger partial charge in [-0.05, 0) is 54.6 Å². The van der Waals surface area contributed by atoms with E-state index in [9.17, 15) is 26.4 Å². The van der Waals surface area contributed by atoms with Crippen molar-refractivity contribution in [3.05, 3.63) is 83.4 Å². The number of halogens is 1. The first-order valence-electron chi connectivity index (χ1n) is 9.42. The van der Waals surface area contributed by atoms with Crippen LogP contribution >= 0.6 is 11.6 Å². The molecule has 0 radical (unpaired) electrons. The van der Waals surface area contributed by atoms with Crippen LogP contribution in [0.1, 0.15) is 10.4 Å². The fourth-order valence-electron chi connectivity index (χ4n) is 3.20. The number of rotatable bonds is 6. The molecule has 0 atom stereocenters. The topological polar surface area (TPSA) is 130 Å². The molecule has 0 bridgehead atoms. The number of amides is 2. The van der Waals surface area contributed by atoms with Crippen molar-refractivity contribution in [2.45, 2.75) is 9.79 Å². The van der Waals surface area contributed by atoms with Gasteiger partial charge in [0.25, 0.3) is 26.0 Å². The zero-order valence-corrected chi connectivity index (χ0v) is 19.1. The third kappa shape index (κ3) is 4.56. The quantitative estimate of drug-likeness (QED) is 0.529. The van der Waals surface area contributed by atoms with Crippen molar-refractivity contribution in [2.75, 3.05) is 16.6 Å². The number of benzene rings is 3. The predicted molar refractivity (Wildman–Crippen MR) is 122 cm³/mol. The number of nitrogens with zero attached hydrogens (tertiary/aromatic N) is 1. The maximum absolute atomic E-state index is 12.6. The highest BCUT2D eigenvalue weighted by Crippen LogP contribution is 2.29. The molecule has 9 nitrogen and oxygen atoms in total. The van der Waals surface area contributed by atoms with Gasteiger partial charge in [-0.3, -0.25) is 14.3 Å². The van der Waals surface area contributed by atoms with E-state index in [0.717, 1.165) is 0 Å². The molecule has 4 rings (SSSR count). The van der Waals surface area contributed by atoms with Crippen LogP contribution in [0.4, 0.5) is 11.4 Å². The third-order valence-electron chi connectivity index (χ3n) is 4.72. The lowest BCUT2D eigenvalue weighted by Gasteiger charge is -2.15. The standard InChI is InChI=1S/C21H16ClN3O6S2/c22-14-4-3-5-16(12-14)24-32(28,29)17-10-8-15(9-11-17)23-20(26)13-25-21(27)18-6-1-2-7-19(18)33(25,30)31/h1-12,24H,13H2,(H,23,26). The fourth-order valence-corrected chi connectivity index (χ4v) is 5.97. The number of carbonyl (C=O) groups excluding carboxylic acids is 2. The first-order chi connectivity index (χ1) is 15.6. The normalized spacial score (nSPS) is 14.6. The first-order valence-corrected chi connectivity index (χ1v) is 12.7. The molecular formula is C21H16ClN3O6S2. The van der Waals surface area contributed by atoms with Gasteiger partial charge in [-0.25, -0.2) is 21.1 Å². The average Bonchev–Trinajstić information content (AvgIpc) is 2.95. The highest BCUT2D eigenvalue weighted by molar-refractivity contribution is 7.92. The lowest BCUT2D eigenvalue weighted by atomic mass is 10.2. The zero-order valence-electron chi connectivity index (χ0n) is 16.7. The maximum Gasteiger partial charge on any atom is 0.269 e. The van der Waals surface area contributed by atoms with E-state index in [1.54, 1.807) is 18.2 Å². The van der Waals surface area contributed by atoms with Crippen LogP contribution < -0.4 is 10.0 Å². The molecule has 1 heterocycles. The van der Waals surface area contributed by atoms with Gasteiger partial charge in [0.05, 0.1) is 16.1 Å². The van der Waals surface area contributed by atoms with Gasteiger partial charge in [-0.1, -0.05) is 29.8 Å². The Morgan fingerprint density at radius 1 is 0.939 bits per heavy atom. The Morgan fingerprint density at radius 2 is 1.64 bits per heavy atom. The van der Waals surface area contributed by atoms with Crippen LogP contribution in [0.25, 0.3) is 0 Å². The summed E-state index contributed by atoms with van der Waals surface area (Å²) >= 11 is 5.87.